The van der Waals surface area contributed by atoms with Crippen LogP contribution in [-0.4, -0.2) is 37.2 Å². The maximum atomic E-state index is 6.25. The molecule has 1 aromatic carbocycles. The molecule has 0 radical (unpaired) electrons. The van der Waals surface area contributed by atoms with Gasteiger partial charge in [0, 0.05) is 30.7 Å². The lowest BCUT2D eigenvalue weighted by molar-refractivity contribution is 0.229. The second kappa shape index (κ2) is 7.68. The van der Waals surface area contributed by atoms with Crippen molar-refractivity contribution in [3.05, 3.63) is 29.3 Å². The number of nitrogens with two attached hydrogens (primary N) is 1. The summed E-state index contributed by atoms with van der Waals surface area (Å²) in [6, 6.07) is 7.97. The van der Waals surface area contributed by atoms with E-state index in [1.165, 1.54) is 25.8 Å². The molecule has 2 aliphatic rings. The normalized spacial score (nSPS) is 28.8. The number of likely N-dealkylation sites (tertiary alicyclic amines) is 1. The third-order valence-electron chi connectivity index (χ3n) is 4.72. The van der Waals surface area contributed by atoms with Crippen molar-refractivity contribution in [2.45, 2.75) is 25.3 Å². The second-order valence-electron chi connectivity index (χ2n) is 6.08. The Hall–Kier alpha value is -0.480. The Balaban J connectivity index is 0.00000161. The van der Waals surface area contributed by atoms with E-state index in [0.29, 0.717) is 12.0 Å². The maximum Gasteiger partial charge on any atom is 0.119 e. The number of benzene rings is 1. The van der Waals surface area contributed by atoms with E-state index in [1.54, 1.807) is 0 Å². The fraction of sp³-hybridized carbons (Fsp3) is 0.625. The van der Waals surface area contributed by atoms with Gasteiger partial charge in [0.05, 0.1) is 0 Å². The number of hydrogen-bond acceptors (Lipinski definition) is 3. The summed E-state index contributed by atoms with van der Waals surface area (Å²) in [5, 5.41) is 0.745. The van der Waals surface area contributed by atoms with Crippen LogP contribution >= 0.6 is 24.0 Å². The van der Waals surface area contributed by atoms with Crippen molar-refractivity contribution in [1.29, 1.82) is 0 Å². The minimum absolute atomic E-state index is 0. The van der Waals surface area contributed by atoms with Gasteiger partial charge in [-0.25, -0.2) is 0 Å². The predicted molar refractivity (Wildman–Crippen MR) is 89.4 cm³/mol. The van der Waals surface area contributed by atoms with Gasteiger partial charge in [0.2, 0.25) is 0 Å². The molecule has 5 heteroatoms. The largest absolute Gasteiger partial charge is 0.492 e. The average Bonchev–Trinajstić information content (AvgIpc) is 2.85. The van der Waals surface area contributed by atoms with Crippen LogP contribution in [0.1, 0.15) is 19.3 Å². The molecule has 1 aromatic rings. The topological polar surface area (TPSA) is 38.5 Å². The molecule has 2 N–H and O–H groups in total. The van der Waals surface area contributed by atoms with Gasteiger partial charge >= 0.3 is 0 Å². The van der Waals surface area contributed by atoms with Crippen molar-refractivity contribution in [2.24, 2.45) is 17.6 Å². The fourth-order valence-corrected chi connectivity index (χ4v) is 3.74. The van der Waals surface area contributed by atoms with Gasteiger partial charge in [-0.1, -0.05) is 18.0 Å². The molecule has 1 aliphatic heterocycles. The number of hydrogen-bond donors (Lipinski definition) is 1. The third kappa shape index (κ3) is 4.26. The summed E-state index contributed by atoms with van der Waals surface area (Å²) in [6.07, 6.45) is 3.86. The summed E-state index contributed by atoms with van der Waals surface area (Å²) in [5.41, 5.74) is 6.25. The molecule has 2 fully saturated rings. The molecule has 118 valence electrons. The zero-order valence-electron chi connectivity index (χ0n) is 12.2. The molecule has 3 rings (SSSR count). The molecule has 0 bridgehead atoms. The number of ether oxygens (including phenoxy) is 1. The van der Waals surface area contributed by atoms with E-state index in [9.17, 15) is 0 Å². The van der Waals surface area contributed by atoms with E-state index in [1.807, 2.05) is 24.3 Å². The van der Waals surface area contributed by atoms with Crippen molar-refractivity contribution < 1.29 is 4.74 Å². The molecule has 3 unspecified atom stereocenters. The van der Waals surface area contributed by atoms with Gasteiger partial charge in [-0.3, -0.25) is 4.90 Å². The van der Waals surface area contributed by atoms with Gasteiger partial charge in [-0.2, -0.15) is 0 Å². The lowest BCUT2D eigenvalue weighted by atomic mass is 9.78. The van der Waals surface area contributed by atoms with E-state index in [0.717, 1.165) is 36.4 Å². The molecule has 0 amide bonds. The van der Waals surface area contributed by atoms with Crippen LogP contribution in [-0.2, 0) is 0 Å². The van der Waals surface area contributed by atoms with Crippen LogP contribution in [0.3, 0.4) is 0 Å². The summed E-state index contributed by atoms with van der Waals surface area (Å²) in [4.78, 5) is 2.51. The summed E-state index contributed by atoms with van der Waals surface area (Å²) in [5.74, 6) is 2.41. The first kappa shape index (κ1) is 16.9. The molecular formula is C16H24Cl2N2O. The zero-order valence-corrected chi connectivity index (χ0v) is 13.8. The van der Waals surface area contributed by atoms with Crippen LogP contribution in [0.25, 0.3) is 0 Å². The van der Waals surface area contributed by atoms with Gasteiger partial charge in [-0.15, -0.1) is 12.4 Å². The van der Waals surface area contributed by atoms with E-state index in [4.69, 9.17) is 22.1 Å². The Morgan fingerprint density at radius 3 is 2.67 bits per heavy atom. The van der Waals surface area contributed by atoms with Gasteiger partial charge in [0.15, 0.2) is 0 Å². The summed E-state index contributed by atoms with van der Waals surface area (Å²) in [6.45, 7) is 4.07. The summed E-state index contributed by atoms with van der Waals surface area (Å²) < 4.78 is 5.77. The highest BCUT2D eigenvalue weighted by Gasteiger charge is 2.38. The van der Waals surface area contributed by atoms with Crippen molar-refractivity contribution >= 4 is 24.0 Å². The predicted octanol–water partition coefficient (Wildman–Crippen LogP) is 3.20. The lowest BCUT2D eigenvalue weighted by Crippen LogP contribution is -2.38. The van der Waals surface area contributed by atoms with E-state index < -0.39 is 0 Å². The highest BCUT2D eigenvalue weighted by molar-refractivity contribution is 6.30. The highest BCUT2D eigenvalue weighted by Crippen LogP contribution is 2.35. The molecule has 0 aromatic heterocycles. The molecule has 1 heterocycles. The fourth-order valence-electron chi connectivity index (χ4n) is 3.61. The molecule has 1 saturated heterocycles. The van der Waals surface area contributed by atoms with Gasteiger partial charge in [0.1, 0.15) is 12.4 Å². The number of nitrogens with zero attached hydrogens (tertiary/aromatic N) is 1. The zero-order chi connectivity index (χ0) is 13.9. The molecule has 3 atom stereocenters. The smallest absolute Gasteiger partial charge is 0.119 e. The van der Waals surface area contributed by atoms with Gasteiger partial charge in [0.25, 0.3) is 0 Å². The average molecular weight is 331 g/mol. The molecule has 21 heavy (non-hydrogen) atoms. The van der Waals surface area contributed by atoms with Crippen molar-refractivity contribution in [1.82, 2.24) is 4.90 Å². The molecular weight excluding hydrogens is 307 g/mol. The monoisotopic (exact) mass is 330 g/mol. The molecule has 1 aliphatic carbocycles. The maximum absolute atomic E-state index is 6.25. The Labute approximate surface area is 138 Å². The minimum Gasteiger partial charge on any atom is -0.492 e. The third-order valence-corrected chi connectivity index (χ3v) is 4.97. The first-order valence-electron chi connectivity index (χ1n) is 7.58. The van der Waals surface area contributed by atoms with Crippen molar-refractivity contribution in [3.8, 4) is 5.75 Å². The van der Waals surface area contributed by atoms with E-state index in [2.05, 4.69) is 4.90 Å². The van der Waals surface area contributed by atoms with Crippen molar-refractivity contribution in [3.63, 3.8) is 0 Å². The summed E-state index contributed by atoms with van der Waals surface area (Å²) >= 11 is 5.86. The van der Waals surface area contributed by atoms with Crippen LogP contribution < -0.4 is 10.5 Å². The Kier molecular flexibility index (Phi) is 6.18. The Morgan fingerprint density at radius 2 is 1.95 bits per heavy atom. The van der Waals surface area contributed by atoms with Crippen LogP contribution in [0.2, 0.25) is 5.02 Å². The standard InChI is InChI=1S/C16H23ClN2O.ClH/c17-13-4-6-14(7-5-13)20-9-8-19-10-12-2-1-3-16(18)15(12)11-19;/h4-7,12,15-16H,1-3,8-11,18H2;1H. The SMILES string of the molecule is Cl.NC1CCCC2CN(CCOc3ccc(Cl)cc3)CC12. The van der Waals surface area contributed by atoms with E-state index in [-0.39, 0.29) is 12.4 Å². The highest BCUT2D eigenvalue weighted by atomic mass is 35.5. The van der Waals surface area contributed by atoms with Gasteiger partial charge in [-0.05, 0) is 48.9 Å². The Morgan fingerprint density at radius 1 is 1.19 bits per heavy atom. The van der Waals surface area contributed by atoms with Crippen molar-refractivity contribution in [2.75, 3.05) is 26.2 Å². The van der Waals surface area contributed by atoms with Crippen LogP contribution in [0.15, 0.2) is 24.3 Å². The van der Waals surface area contributed by atoms with Crippen LogP contribution in [0, 0.1) is 11.8 Å². The van der Waals surface area contributed by atoms with Crippen LogP contribution in [0.5, 0.6) is 5.75 Å². The molecule has 0 spiro atoms. The molecule has 3 nitrogen and oxygen atoms in total. The molecule has 1 saturated carbocycles. The summed E-state index contributed by atoms with van der Waals surface area (Å²) in [7, 11) is 0. The van der Waals surface area contributed by atoms with E-state index >= 15 is 0 Å². The first-order valence-corrected chi connectivity index (χ1v) is 7.96. The lowest BCUT2D eigenvalue weighted by Gasteiger charge is -2.29. The Bertz CT molecular complexity index is 440. The minimum atomic E-state index is 0. The van der Waals surface area contributed by atoms with Crippen LogP contribution in [0.4, 0.5) is 0 Å². The van der Waals surface area contributed by atoms with Gasteiger partial charge < -0.3 is 10.5 Å². The quantitative estimate of drug-likeness (QED) is 0.921. The first-order chi connectivity index (χ1) is 9.72. The number of fused-ring (bicyclic) bond motifs is 1. The number of halogens is 2. The number of rotatable bonds is 4. The second-order valence-corrected chi connectivity index (χ2v) is 6.52.